The Balaban J connectivity index is 2.21. The number of nitrogens with zero attached hydrogens (tertiary/aromatic N) is 1. The van der Waals surface area contributed by atoms with Crippen molar-refractivity contribution in [1.82, 2.24) is 0 Å². The second kappa shape index (κ2) is 4.95. The average molecular weight is 290 g/mol. The maximum atomic E-state index is 14.3. The van der Waals surface area contributed by atoms with Crippen molar-refractivity contribution >= 4 is 23.1 Å². The first kappa shape index (κ1) is 13.7. The van der Waals surface area contributed by atoms with E-state index in [0.717, 1.165) is 12.8 Å². The highest BCUT2D eigenvalue weighted by molar-refractivity contribution is 6.48. The number of carbonyl (C=O) groups excluding carboxylic acids is 2. The van der Waals surface area contributed by atoms with Crippen LogP contribution in [0.5, 0.6) is 0 Å². The SMILES string of the molecule is CC(=O)Nc1cc(F)c(C2CC2)c2c1C(=O)/C(=N\O)CC2. The van der Waals surface area contributed by atoms with E-state index in [1.54, 1.807) is 0 Å². The van der Waals surface area contributed by atoms with Crippen molar-refractivity contribution < 1.29 is 19.2 Å². The maximum Gasteiger partial charge on any atom is 0.221 e. The molecule has 0 spiro atoms. The van der Waals surface area contributed by atoms with Crippen LogP contribution in [0.25, 0.3) is 0 Å². The van der Waals surface area contributed by atoms with Crippen molar-refractivity contribution in [2.75, 3.05) is 5.32 Å². The van der Waals surface area contributed by atoms with Crippen molar-refractivity contribution in [2.24, 2.45) is 5.16 Å². The molecule has 0 unspecified atom stereocenters. The molecular weight excluding hydrogens is 275 g/mol. The van der Waals surface area contributed by atoms with Gasteiger partial charge in [0.15, 0.2) is 0 Å². The summed E-state index contributed by atoms with van der Waals surface area (Å²) in [5.41, 5.74) is 1.71. The van der Waals surface area contributed by atoms with Crippen LogP contribution in [0, 0.1) is 5.82 Å². The molecule has 6 heteroatoms. The molecule has 0 bridgehead atoms. The number of Topliss-reactive ketones (excluding diaryl/α,β-unsaturated/α-hetero) is 1. The van der Waals surface area contributed by atoms with E-state index < -0.39 is 5.78 Å². The van der Waals surface area contributed by atoms with E-state index in [2.05, 4.69) is 10.5 Å². The molecule has 2 aliphatic rings. The second-order valence-corrected chi connectivity index (χ2v) is 5.50. The van der Waals surface area contributed by atoms with Crippen LogP contribution in [0.3, 0.4) is 0 Å². The van der Waals surface area contributed by atoms with E-state index in [4.69, 9.17) is 5.21 Å². The van der Waals surface area contributed by atoms with E-state index in [-0.39, 0.29) is 41.0 Å². The first-order chi connectivity index (χ1) is 10.0. The third kappa shape index (κ3) is 2.30. The van der Waals surface area contributed by atoms with Crippen LogP contribution in [0.4, 0.5) is 10.1 Å². The summed E-state index contributed by atoms with van der Waals surface area (Å²) in [5.74, 6) is -1.04. The zero-order valence-electron chi connectivity index (χ0n) is 11.6. The molecule has 3 rings (SSSR count). The number of benzene rings is 1. The maximum absolute atomic E-state index is 14.3. The Hall–Kier alpha value is -2.24. The van der Waals surface area contributed by atoms with Gasteiger partial charge in [0.05, 0.1) is 11.3 Å². The topological polar surface area (TPSA) is 78.8 Å². The van der Waals surface area contributed by atoms with Gasteiger partial charge in [-0.1, -0.05) is 5.16 Å². The summed E-state index contributed by atoms with van der Waals surface area (Å²) < 4.78 is 14.3. The average Bonchev–Trinajstić information content (AvgIpc) is 3.22. The lowest BCUT2D eigenvalue weighted by Crippen LogP contribution is -2.26. The predicted octanol–water partition coefficient (Wildman–Crippen LogP) is 2.62. The number of nitrogens with one attached hydrogen (secondary N) is 1. The largest absolute Gasteiger partial charge is 0.411 e. The summed E-state index contributed by atoms with van der Waals surface area (Å²) in [5, 5.41) is 14.4. The Morgan fingerprint density at radius 1 is 1.43 bits per heavy atom. The Morgan fingerprint density at radius 3 is 2.71 bits per heavy atom. The van der Waals surface area contributed by atoms with Gasteiger partial charge in [-0.2, -0.15) is 0 Å². The molecule has 0 aliphatic heterocycles. The molecule has 1 aromatic rings. The third-order valence-corrected chi connectivity index (χ3v) is 3.94. The zero-order valence-corrected chi connectivity index (χ0v) is 11.6. The standard InChI is InChI=1S/C15H15FN2O3/c1-7(19)17-12-6-10(16)13(8-2-3-8)9-4-5-11(18-21)15(20)14(9)12/h6,8,21H,2-5H2,1H3,(H,17,19)/b18-11-. The van der Waals surface area contributed by atoms with Gasteiger partial charge in [0.25, 0.3) is 0 Å². The van der Waals surface area contributed by atoms with E-state index in [0.29, 0.717) is 17.5 Å². The zero-order chi connectivity index (χ0) is 15.1. The number of fused-ring (bicyclic) bond motifs is 1. The number of ketones is 1. The summed E-state index contributed by atoms with van der Waals surface area (Å²) in [6.45, 7) is 1.30. The van der Waals surface area contributed by atoms with Crippen LogP contribution in [-0.2, 0) is 11.2 Å². The van der Waals surface area contributed by atoms with Gasteiger partial charge in [-0.25, -0.2) is 4.39 Å². The van der Waals surface area contributed by atoms with Crippen molar-refractivity contribution in [3.05, 3.63) is 28.6 Å². The van der Waals surface area contributed by atoms with Crippen molar-refractivity contribution in [1.29, 1.82) is 0 Å². The van der Waals surface area contributed by atoms with Crippen LogP contribution in [0.15, 0.2) is 11.2 Å². The monoisotopic (exact) mass is 290 g/mol. The summed E-state index contributed by atoms with van der Waals surface area (Å²) >= 11 is 0. The molecule has 0 aromatic heterocycles. The fourth-order valence-electron chi connectivity index (χ4n) is 2.94. The number of rotatable bonds is 2. The Kier molecular flexibility index (Phi) is 3.23. The van der Waals surface area contributed by atoms with Gasteiger partial charge in [0.2, 0.25) is 11.7 Å². The Morgan fingerprint density at radius 2 is 2.14 bits per heavy atom. The number of anilines is 1. The predicted molar refractivity (Wildman–Crippen MR) is 74.6 cm³/mol. The number of carbonyl (C=O) groups is 2. The highest BCUT2D eigenvalue weighted by atomic mass is 19.1. The summed E-state index contributed by atoms with van der Waals surface area (Å²) in [6, 6.07) is 1.20. The molecule has 0 heterocycles. The van der Waals surface area contributed by atoms with Crippen LogP contribution < -0.4 is 5.32 Å². The van der Waals surface area contributed by atoms with Crippen LogP contribution in [0.1, 0.15) is 53.6 Å². The molecule has 0 atom stereocenters. The molecule has 1 saturated carbocycles. The summed E-state index contributed by atoms with van der Waals surface area (Å²) in [7, 11) is 0. The third-order valence-electron chi connectivity index (χ3n) is 3.94. The normalized spacial score (nSPS) is 19.5. The molecule has 5 nitrogen and oxygen atoms in total. The van der Waals surface area contributed by atoms with E-state index in [1.807, 2.05) is 0 Å². The van der Waals surface area contributed by atoms with E-state index in [9.17, 15) is 14.0 Å². The van der Waals surface area contributed by atoms with Gasteiger partial charge in [-0.15, -0.1) is 0 Å². The highest BCUT2D eigenvalue weighted by Crippen LogP contribution is 2.46. The van der Waals surface area contributed by atoms with Gasteiger partial charge in [-0.05, 0) is 42.4 Å². The van der Waals surface area contributed by atoms with Crippen molar-refractivity contribution in [3.63, 3.8) is 0 Å². The molecular formula is C15H15FN2O3. The lowest BCUT2D eigenvalue weighted by Gasteiger charge is -2.23. The highest BCUT2D eigenvalue weighted by Gasteiger charge is 2.36. The fourth-order valence-corrected chi connectivity index (χ4v) is 2.94. The number of hydrogen-bond donors (Lipinski definition) is 2. The fraction of sp³-hybridized carbons (Fsp3) is 0.400. The number of amides is 1. The first-order valence-electron chi connectivity index (χ1n) is 6.91. The van der Waals surface area contributed by atoms with Gasteiger partial charge in [-0.3, -0.25) is 9.59 Å². The van der Waals surface area contributed by atoms with Gasteiger partial charge < -0.3 is 10.5 Å². The smallest absolute Gasteiger partial charge is 0.221 e. The Labute approximate surface area is 120 Å². The number of halogens is 1. The molecule has 110 valence electrons. The molecule has 1 aromatic carbocycles. The summed E-state index contributed by atoms with van der Waals surface area (Å²) in [4.78, 5) is 23.7. The first-order valence-corrected chi connectivity index (χ1v) is 6.91. The minimum atomic E-state index is -0.440. The van der Waals surface area contributed by atoms with Crippen LogP contribution in [0.2, 0.25) is 0 Å². The molecule has 2 aliphatic carbocycles. The quantitative estimate of drug-likeness (QED) is 0.649. The van der Waals surface area contributed by atoms with Crippen molar-refractivity contribution in [3.8, 4) is 0 Å². The second-order valence-electron chi connectivity index (χ2n) is 5.50. The Bertz CT molecular complexity index is 678. The number of oxime groups is 1. The van der Waals surface area contributed by atoms with Gasteiger partial charge in [0.1, 0.15) is 11.5 Å². The minimum Gasteiger partial charge on any atom is -0.411 e. The minimum absolute atomic E-state index is 0.0439. The lowest BCUT2D eigenvalue weighted by atomic mass is 9.83. The molecule has 1 amide bonds. The number of hydrogen-bond acceptors (Lipinski definition) is 4. The molecule has 0 saturated heterocycles. The van der Waals surface area contributed by atoms with E-state index in [1.165, 1.54) is 13.0 Å². The van der Waals surface area contributed by atoms with Gasteiger partial charge in [0, 0.05) is 13.3 Å². The van der Waals surface area contributed by atoms with E-state index >= 15 is 0 Å². The van der Waals surface area contributed by atoms with Crippen LogP contribution >= 0.6 is 0 Å². The molecule has 0 radical (unpaired) electrons. The summed E-state index contributed by atoms with van der Waals surface area (Å²) in [6.07, 6.45) is 2.55. The molecule has 1 fully saturated rings. The lowest BCUT2D eigenvalue weighted by molar-refractivity contribution is -0.114. The van der Waals surface area contributed by atoms with Crippen LogP contribution in [-0.4, -0.2) is 22.6 Å². The molecule has 2 N–H and O–H groups in total. The van der Waals surface area contributed by atoms with Gasteiger partial charge >= 0.3 is 0 Å². The molecule has 21 heavy (non-hydrogen) atoms. The van der Waals surface area contributed by atoms with Crippen molar-refractivity contribution in [2.45, 2.75) is 38.5 Å².